The van der Waals surface area contributed by atoms with Gasteiger partial charge in [-0.2, -0.15) is 0 Å². The van der Waals surface area contributed by atoms with Crippen molar-refractivity contribution in [3.63, 3.8) is 0 Å². The van der Waals surface area contributed by atoms with Gasteiger partial charge in [-0.15, -0.1) is 0 Å². The van der Waals surface area contributed by atoms with Crippen molar-refractivity contribution in [3.8, 4) is 11.1 Å². The van der Waals surface area contributed by atoms with E-state index >= 15 is 0 Å². The summed E-state index contributed by atoms with van der Waals surface area (Å²) in [6.45, 7) is 6.37. The van der Waals surface area contributed by atoms with Crippen molar-refractivity contribution in [3.05, 3.63) is 89.2 Å². The number of carbonyl (C=O) groups is 1. The first-order valence-corrected chi connectivity index (χ1v) is 12.9. The van der Waals surface area contributed by atoms with E-state index in [1.54, 1.807) is 6.20 Å². The van der Waals surface area contributed by atoms with Crippen LogP contribution in [-0.4, -0.2) is 11.0 Å². The zero-order valence-corrected chi connectivity index (χ0v) is 21.1. The molecular weight excluding hydrogens is 418 g/mol. The molecule has 0 aliphatic carbocycles. The number of benzene rings is 2. The third-order valence-corrected chi connectivity index (χ3v) is 6.38. The van der Waals surface area contributed by atoms with Crippen LogP contribution in [0.1, 0.15) is 98.5 Å². The highest BCUT2D eigenvalue weighted by molar-refractivity contribution is 5.89. The topological polar surface area (TPSA) is 39.2 Å². The van der Waals surface area contributed by atoms with Crippen LogP contribution in [0.4, 0.5) is 0 Å². The minimum Gasteiger partial charge on any atom is -0.454 e. The molecule has 2 aromatic carbocycles. The molecule has 1 atom stereocenters. The van der Waals surface area contributed by atoms with Gasteiger partial charge in [0.25, 0.3) is 0 Å². The van der Waals surface area contributed by atoms with Gasteiger partial charge in [-0.05, 0) is 55.0 Å². The summed E-state index contributed by atoms with van der Waals surface area (Å²) in [5, 5.41) is 0. The maximum Gasteiger partial charge on any atom is 0.340 e. The third-order valence-electron chi connectivity index (χ3n) is 6.38. The Morgan fingerprint density at radius 2 is 1.41 bits per heavy atom. The van der Waals surface area contributed by atoms with E-state index in [1.807, 2.05) is 19.1 Å². The lowest BCUT2D eigenvalue weighted by atomic mass is 10.00. The zero-order chi connectivity index (χ0) is 24.2. The van der Waals surface area contributed by atoms with E-state index in [2.05, 4.69) is 67.4 Å². The zero-order valence-electron chi connectivity index (χ0n) is 21.1. The Bertz CT molecular complexity index is 991. The first kappa shape index (κ1) is 25.7. The molecule has 0 aliphatic heterocycles. The number of aromatic nitrogens is 1. The van der Waals surface area contributed by atoms with Crippen LogP contribution >= 0.6 is 0 Å². The van der Waals surface area contributed by atoms with E-state index in [-0.39, 0.29) is 12.1 Å². The summed E-state index contributed by atoms with van der Waals surface area (Å²) in [6.07, 6.45) is 12.1. The third kappa shape index (κ3) is 7.83. The van der Waals surface area contributed by atoms with Gasteiger partial charge in [-0.1, -0.05) is 106 Å². The predicted octanol–water partition coefficient (Wildman–Crippen LogP) is 8.66. The van der Waals surface area contributed by atoms with Gasteiger partial charge in [0.2, 0.25) is 0 Å². The average molecular weight is 458 g/mol. The van der Waals surface area contributed by atoms with Crippen molar-refractivity contribution in [1.29, 1.82) is 0 Å². The maximum absolute atomic E-state index is 12.7. The Labute approximate surface area is 205 Å². The fraction of sp³-hybridized carbons (Fsp3) is 0.419. The lowest BCUT2D eigenvalue weighted by Gasteiger charge is -2.17. The molecule has 3 heteroatoms. The van der Waals surface area contributed by atoms with Crippen molar-refractivity contribution >= 4 is 5.97 Å². The van der Waals surface area contributed by atoms with Gasteiger partial charge in [0.1, 0.15) is 6.10 Å². The molecule has 0 aliphatic rings. The van der Waals surface area contributed by atoms with Gasteiger partial charge in [-0.25, -0.2) is 4.79 Å². The fourth-order valence-corrected chi connectivity index (χ4v) is 4.18. The van der Waals surface area contributed by atoms with Crippen LogP contribution in [0.15, 0.2) is 66.9 Å². The summed E-state index contributed by atoms with van der Waals surface area (Å²) in [7, 11) is 0. The van der Waals surface area contributed by atoms with Crippen LogP contribution < -0.4 is 0 Å². The molecule has 1 aromatic heterocycles. The van der Waals surface area contributed by atoms with Crippen LogP contribution in [0.3, 0.4) is 0 Å². The molecular formula is C31H39NO2. The van der Waals surface area contributed by atoms with E-state index in [4.69, 9.17) is 4.74 Å². The SMILES string of the molecule is CCCCCCCCCc1ccc(C(=O)OC(CC)c2ccc(-c3ccc(C)cc3)cc2)cn1. The lowest BCUT2D eigenvalue weighted by molar-refractivity contribution is 0.0287. The minimum atomic E-state index is -0.315. The Hall–Kier alpha value is -2.94. The van der Waals surface area contributed by atoms with Crippen molar-refractivity contribution in [2.75, 3.05) is 0 Å². The molecule has 0 N–H and O–H groups in total. The summed E-state index contributed by atoms with van der Waals surface area (Å²) in [6, 6.07) is 20.6. The molecule has 0 radical (unpaired) electrons. The molecule has 0 saturated carbocycles. The second-order valence-electron chi connectivity index (χ2n) is 9.20. The Balaban J connectivity index is 1.51. The van der Waals surface area contributed by atoms with E-state index in [0.29, 0.717) is 5.56 Å². The normalized spacial score (nSPS) is 11.9. The first-order valence-electron chi connectivity index (χ1n) is 12.9. The molecule has 0 amide bonds. The second kappa shape index (κ2) is 13.7. The number of unbranched alkanes of at least 4 members (excludes halogenated alkanes) is 6. The van der Waals surface area contributed by atoms with Crippen LogP contribution in [0.2, 0.25) is 0 Å². The minimum absolute atomic E-state index is 0.271. The molecule has 180 valence electrons. The number of rotatable bonds is 13. The maximum atomic E-state index is 12.7. The molecule has 3 nitrogen and oxygen atoms in total. The van der Waals surface area contributed by atoms with Gasteiger partial charge >= 0.3 is 5.97 Å². The van der Waals surface area contributed by atoms with Crippen molar-refractivity contribution < 1.29 is 9.53 Å². The van der Waals surface area contributed by atoms with Crippen molar-refractivity contribution in [2.45, 2.75) is 84.7 Å². The molecule has 34 heavy (non-hydrogen) atoms. The number of ether oxygens (including phenoxy) is 1. The molecule has 0 spiro atoms. The van der Waals surface area contributed by atoms with E-state index in [0.717, 1.165) is 36.1 Å². The van der Waals surface area contributed by atoms with Crippen LogP contribution in [0.25, 0.3) is 11.1 Å². The van der Waals surface area contributed by atoms with E-state index < -0.39 is 0 Å². The van der Waals surface area contributed by atoms with Gasteiger partial charge in [0.05, 0.1) is 5.56 Å². The summed E-state index contributed by atoms with van der Waals surface area (Å²) in [5.74, 6) is -0.315. The number of carbonyl (C=O) groups excluding carboxylic acids is 1. The Morgan fingerprint density at radius 3 is 2.00 bits per heavy atom. The standard InChI is InChI=1S/C31H39NO2/c1-4-6-7-8-9-10-11-12-29-22-21-28(23-32-29)31(33)34-30(5-2)27-19-17-26(18-20-27)25-15-13-24(3)14-16-25/h13-23,30H,4-12H2,1-3H3. The molecule has 0 fully saturated rings. The summed E-state index contributed by atoms with van der Waals surface area (Å²) >= 11 is 0. The monoisotopic (exact) mass is 457 g/mol. The van der Waals surface area contributed by atoms with Crippen molar-refractivity contribution in [1.82, 2.24) is 4.98 Å². The highest BCUT2D eigenvalue weighted by Crippen LogP contribution is 2.26. The number of nitrogens with zero attached hydrogens (tertiary/aromatic N) is 1. The summed E-state index contributed by atoms with van der Waals surface area (Å²) < 4.78 is 5.84. The Kier molecular flexibility index (Phi) is 10.3. The number of hydrogen-bond donors (Lipinski definition) is 0. The van der Waals surface area contributed by atoms with Gasteiger partial charge in [-0.3, -0.25) is 4.98 Å². The number of aryl methyl sites for hydroxylation is 2. The van der Waals surface area contributed by atoms with Gasteiger partial charge < -0.3 is 4.74 Å². The number of hydrogen-bond acceptors (Lipinski definition) is 3. The van der Waals surface area contributed by atoms with Crippen LogP contribution in [0, 0.1) is 6.92 Å². The average Bonchev–Trinajstić information content (AvgIpc) is 2.87. The highest BCUT2D eigenvalue weighted by atomic mass is 16.5. The van der Waals surface area contributed by atoms with Crippen LogP contribution in [0.5, 0.6) is 0 Å². The number of pyridine rings is 1. The second-order valence-corrected chi connectivity index (χ2v) is 9.20. The molecule has 0 saturated heterocycles. The molecule has 1 unspecified atom stereocenters. The van der Waals surface area contributed by atoms with Gasteiger partial charge in [0, 0.05) is 11.9 Å². The Morgan fingerprint density at radius 1 is 0.794 bits per heavy atom. The smallest absolute Gasteiger partial charge is 0.340 e. The van der Waals surface area contributed by atoms with Gasteiger partial charge in [0.15, 0.2) is 0 Å². The number of esters is 1. The molecule has 0 bridgehead atoms. The quantitative estimate of drug-likeness (QED) is 0.190. The lowest BCUT2D eigenvalue weighted by Crippen LogP contribution is -2.11. The largest absolute Gasteiger partial charge is 0.454 e. The molecule has 1 heterocycles. The van der Waals surface area contributed by atoms with E-state index in [9.17, 15) is 4.79 Å². The molecule has 3 aromatic rings. The van der Waals surface area contributed by atoms with Crippen LogP contribution in [-0.2, 0) is 11.2 Å². The summed E-state index contributed by atoms with van der Waals surface area (Å²) in [4.78, 5) is 17.2. The first-order chi connectivity index (χ1) is 16.6. The fourth-order valence-electron chi connectivity index (χ4n) is 4.18. The summed E-state index contributed by atoms with van der Waals surface area (Å²) in [5.41, 5.74) is 6.16. The van der Waals surface area contributed by atoms with E-state index in [1.165, 1.54) is 49.7 Å². The predicted molar refractivity (Wildman–Crippen MR) is 141 cm³/mol. The van der Waals surface area contributed by atoms with Crippen molar-refractivity contribution in [2.24, 2.45) is 0 Å². The molecule has 3 rings (SSSR count). The highest BCUT2D eigenvalue weighted by Gasteiger charge is 2.17.